The number of ether oxygens (including phenoxy) is 1. The molecule has 0 aliphatic carbocycles. The molecule has 1 saturated heterocycles. The molecule has 0 spiro atoms. The smallest absolute Gasteiger partial charge is 0.134 e. The summed E-state index contributed by atoms with van der Waals surface area (Å²) in [4.78, 5) is 0. The lowest BCUT2D eigenvalue weighted by Crippen LogP contribution is -2.44. The molecule has 0 bridgehead atoms. The maximum atomic E-state index is 14.5. The molecule has 2 rings (SSSR count). The molecule has 4 heteroatoms. The van der Waals surface area contributed by atoms with Gasteiger partial charge in [-0.15, -0.1) is 0 Å². The van der Waals surface area contributed by atoms with Gasteiger partial charge in [0.1, 0.15) is 11.5 Å². The van der Waals surface area contributed by atoms with E-state index < -0.39 is 5.67 Å². The van der Waals surface area contributed by atoms with E-state index in [9.17, 15) is 8.78 Å². The monoisotopic (exact) mass is 241 g/mol. The molecule has 1 fully saturated rings. The summed E-state index contributed by atoms with van der Waals surface area (Å²) in [5, 5.41) is 3.22. The molecule has 0 saturated carbocycles. The molecule has 0 radical (unpaired) electrons. The van der Waals surface area contributed by atoms with Crippen molar-refractivity contribution >= 4 is 0 Å². The van der Waals surface area contributed by atoms with Gasteiger partial charge in [-0.2, -0.15) is 0 Å². The third-order valence-electron chi connectivity index (χ3n) is 3.07. The predicted molar refractivity (Wildman–Crippen MR) is 62.1 cm³/mol. The van der Waals surface area contributed by atoms with Crippen molar-refractivity contribution in [1.29, 1.82) is 0 Å². The van der Waals surface area contributed by atoms with Crippen molar-refractivity contribution in [2.24, 2.45) is 0 Å². The van der Waals surface area contributed by atoms with Crippen LogP contribution in [0.15, 0.2) is 24.3 Å². The first-order valence-electron chi connectivity index (χ1n) is 5.84. The summed E-state index contributed by atoms with van der Waals surface area (Å²) in [6.45, 7) is 3.48. The highest BCUT2D eigenvalue weighted by atomic mass is 19.1. The van der Waals surface area contributed by atoms with Gasteiger partial charge in [-0.25, -0.2) is 8.78 Å². The van der Waals surface area contributed by atoms with Crippen LogP contribution in [0.2, 0.25) is 0 Å². The van der Waals surface area contributed by atoms with Gasteiger partial charge in [0.2, 0.25) is 0 Å². The number of halogens is 2. The number of alkyl halides is 1. The van der Waals surface area contributed by atoms with Crippen LogP contribution in [0.5, 0.6) is 0 Å². The van der Waals surface area contributed by atoms with Crippen LogP contribution in [0.4, 0.5) is 8.78 Å². The standard InChI is InChI=1S/C13H17F2NO/c1-13(15,8-12-9-17-7-6-16-12)10-2-4-11(14)5-3-10/h2-5,12,16H,6-9H2,1H3. The van der Waals surface area contributed by atoms with E-state index in [4.69, 9.17) is 4.74 Å². The van der Waals surface area contributed by atoms with Crippen LogP contribution in [0.3, 0.4) is 0 Å². The first kappa shape index (κ1) is 12.5. The summed E-state index contributed by atoms with van der Waals surface area (Å²) in [5.74, 6) is -0.344. The maximum Gasteiger partial charge on any atom is 0.134 e. The van der Waals surface area contributed by atoms with Gasteiger partial charge in [0, 0.05) is 19.0 Å². The van der Waals surface area contributed by atoms with Crippen LogP contribution < -0.4 is 5.32 Å². The molecule has 17 heavy (non-hydrogen) atoms. The van der Waals surface area contributed by atoms with Gasteiger partial charge < -0.3 is 10.1 Å². The lowest BCUT2D eigenvalue weighted by Gasteiger charge is -2.30. The molecule has 2 nitrogen and oxygen atoms in total. The summed E-state index contributed by atoms with van der Waals surface area (Å²) in [5.41, 5.74) is -0.960. The van der Waals surface area contributed by atoms with E-state index in [1.165, 1.54) is 31.2 Å². The van der Waals surface area contributed by atoms with Gasteiger partial charge in [-0.1, -0.05) is 12.1 Å². The van der Waals surface area contributed by atoms with Crippen molar-refractivity contribution < 1.29 is 13.5 Å². The second kappa shape index (κ2) is 5.10. The van der Waals surface area contributed by atoms with Gasteiger partial charge in [0.25, 0.3) is 0 Å². The lowest BCUT2D eigenvalue weighted by atomic mass is 9.90. The Morgan fingerprint density at radius 3 is 2.71 bits per heavy atom. The zero-order chi connectivity index (χ0) is 12.3. The van der Waals surface area contributed by atoms with Crippen molar-refractivity contribution in [3.05, 3.63) is 35.6 Å². The highest BCUT2D eigenvalue weighted by molar-refractivity contribution is 5.22. The van der Waals surface area contributed by atoms with E-state index in [0.717, 1.165) is 6.54 Å². The molecule has 1 aromatic carbocycles. The second-order valence-electron chi connectivity index (χ2n) is 4.63. The van der Waals surface area contributed by atoms with Gasteiger partial charge in [0.05, 0.1) is 13.2 Å². The Hall–Kier alpha value is -1.00. The van der Waals surface area contributed by atoms with Crippen LogP contribution in [0, 0.1) is 5.82 Å². The summed E-state index contributed by atoms with van der Waals surface area (Å²) < 4.78 is 32.6. The highest BCUT2D eigenvalue weighted by Gasteiger charge is 2.30. The molecule has 1 aliphatic rings. The molecule has 1 aliphatic heterocycles. The van der Waals surface area contributed by atoms with Crippen molar-refractivity contribution in [2.45, 2.75) is 25.1 Å². The molecule has 1 heterocycles. The normalized spacial score (nSPS) is 24.3. The predicted octanol–water partition coefficient (Wildman–Crippen LogP) is 2.39. The van der Waals surface area contributed by atoms with E-state index >= 15 is 0 Å². The van der Waals surface area contributed by atoms with Gasteiger partial charge in [-0.3, -0.25) is 0 Å². The van der Waals surface area contributed by atoms with Crippen LogP contribution in [0.1, 0.15) is 18.9 Å². The maximum absolute atomic E-state index is 14.5. The largest absolute Gasteiger partial charge is 0.379 e. The topological polar surface area (TPSA) is 21.3 Å². The SMILES string of the molecule is CC(F)(CC1COCCN1)c1ccc(F)cc1. The number of nitrogens with one attached hydrogen (secondary N) is 1. The van der Waals surface area contributed by atoms with Crippen molar-refractivity contribution in [3.63, 3.8) is 0 Å². The minimum Gasteiger partial charge on any atom is -0.379 e. The quantitative estimate of drug-likeness (QED) is 0.877. The second-order valence-corrected chi connectivity index (χ2v) is 4.63. The van der Waals surface area contributed by atoms with E-state index in [1.807, 2.05) is 0 Å². The van der Waals surface area contributed by atoms with E-state index in [-0.39, 0.29) is 11.9 Å². The summed E-state index contributed by atoms with van der Waals surface area (Å²) in [6, 6.07) is 5.59. The van der Waals surface area contributed by atoms with E-state index in [2.05, 4.69) is 5.32 Å². The fourth-order valence-electron chi connectivity index (χ4n) is 2.13. The van der Waals surface area contributed by atoms with Crippen molar-refractivity contribution in [2.75, 3.05) is 19.8 Å². The fraction of sp³-hybridized carbons (Fsp3) is 0.538. The first-order valence-corrected chi connectivity index (χ1v) is 5.84. The number of hydrogen-bond acceptors (Lipinski definition) is 2. The molecule has 2 unspecified atom stereocenters. The van der Waals surface area contributed by atoms with Crippen LogP contribution in [-0.2, 0) is 10.4 Å². The first-order chi connectivity index (χ1) is 8.08. The zero-order valence-corrected chi connectivity index (χ0v) is 9.88. The number of rotatable bonds is 3. The van der Waals surface area contributed by atoms with Crippen LogP contribution >= 0.6 is 0 Å². The number of hydrogen-bond donors (Lipinski definition) is 1. The molecule has 1 N–H and O–H groups in total. The van der Waals surface area contributed by atoms with E-state index in [1.54, 1.807) is 0 Å². The van der Waals surface area contributed by atoms with Crippen LogP contribution in [-0.4, -0.2) is 25.8 Å². The van der Waals surface area contributed by atoms with E-state index in [0.29, 0.717) is 25.2 Å². The molecular formula is C13H17F2NO. The van der Waals surface area contributed by atoms with Crippen molar-refractivity contribution in [3.8, 4) is 0 Å². The molecule has 1 aromatic rings. The van der Waals surface area contributed by atoms with Gasteiger partial charge >= 0.3 is 0 Å². The van der Waals surface area contributed by atoms with Crippen LogP contribution in [0.25, 0.3) is 0 Å². The fourth-order valence-corrected chi connectivity index (χ4v) is 2.13. The Morgan fingerprint density at radius 1 is 1.41 bits per heavy atom. The Balaban J connectivity index is 2.04. The summed E-state index contributed by atoms with van der Waals surface area (Å²) >= 11 is 0. The average Bonchev–Trinajstić information content (AvgIpc) is 2.30. The Bertz CT molecular complexity index is 358. The van der Waals surface area contributed by atoms with Gasteiger partial charge in [-0.05, 0) is 24.6 Å². The molecule has 94 valence electrons. The average molecular weight is 241 g/mol. The lowest BCUT2D eigenvalue weighted by molar-refractivity contribution is 0.0474. The molecule has 0 amide bonds. The molecule has 0 aromatic heterocycles. The number of morpholine rings is 1. The zero-order valence-electron chi connectivity index (χ0n) is 9.88. The number of benzene rings is 1. The minimum atomic E-state index is -1.47. The Morgan fingerprint density at radius 2 is 2.12 bits per heavy atom. The summed E-state index contributed by atoms with van der Waals surface area (Å²) in [7, 11) is 0. The molecule has 2 atom stereocenters. The highest BCUT2D eigenvalue weighted by Crippen LogP contribution is 2.31. The Labute approximate surface area is 100.0 Å². The Kier molecular flexibility index (Phi) is 3.74. The third-order valence-corrected chi connectivity index (χ3v) is 3.07. The molecular weight excluding hydrogens is 224 g/mol. The summed E-state index contributed by atoms with van der Waals surface area (Å²) in [6.07, 6.45) is 0.332. The van der Waals surface area contributed by atoms with Crippen molar-refractivity contribution in [1.82, 2.24) is 5.32 Å². The van der Waals surface area contributed by atoms with Gasteiger partial charge in [0.15, 0.2) is 0 Å². The third kappa shape index (κ3) is 3.23. The minimum absolute atomic E-state index is 0.0174.